The smallest absolute Gasteiger partial charge is 0.370 e. The number of fused-ring (bicyclic) bond motifs is 1. The van der Waals surface area contributed by atoms with Gasteiger partial charge in [-0.05, 0) is 25.1 Å². The predicted octanol–water partition coefficient (Wildman–Crippen LogP) is 3.74. The maximum atomic E-state index is 14.9. The van der Waals surface area contributed by atoms with Gasteiger partial charge in [-0.2, -0.15) is 9.78 Å². The molecule has 3 aromatic heterocycles. The molecule has 4 aromatic rings. The number of benzene rings is 1. The number of morpholine rings is 1. The van der Waals surface area contributed by atoms with E-state index in [9.17, 15) is 22.4 Å². The molecule has 1 atom stereocenters. The number of hydrogen-bond acceptors (Lipinski definition) is 7. The van der Waals surface area contributed by atoms with Crippen LogP contribution in [-0.2, 0) is 18.1 Å². The van der Waals surface area contributed by atoms with Crippen LogP contribution >= 0.6 is 11.6 Å². The molecule has 188 valence electrons. The number of ether oxygens (including phenoxy) is 1. The molecule has 0 N–H and O–H groups in total. The number of rotatable bonds is 3. The SMILES string of the molecule is Cc1nc2c(-c3ccc(Cl)cc3F)nc(N3CCO[C@H](c4cnn(C(F)(F)F)c4)C3)nc2c(=O)n1C. The molecule has 0 aliphatic carbocycles. The Balaban J connectivity index is 1.61. The normalized spacial score (nSPS) is 16.6. The van der Waals surface area contributed by atoms with Crippen LogP contribution in [0.3, 0.4) is 0 Å². The minimum atomic E-state index is -4.66. The summed E-state index contributed by atoms with van der Waals surface area (Å²) < 4.78 is 60.7. The third kappa shape index (κ3) is 4.28. The first-order valence-corrected chi connectivity index (χ1v) is 11.1. The lowest BCUT2D eigenvalue weighted by atomic mass is 10.1. The summed E-state index contributed by atoms with van der Waals surface area (Å²) in [7, 11) is 1.54. The lowest BCUT2D eigenvalue weighted by molar-refractivity contribution is -0.212. The van der Waals surface area contributed by atoms with Crippen molar-refractivity contribution in [1.29, 1.82) is 0 Å². The highest BCUT2D eigenvalue weighted by atomic mass is 35.5. The Labute approximate surface area is 205 Å². The van der Waals surface area contributed by atoms with Gasteiger partial charge in [-0.1, -0.05) is 11.6 Å². The Morgan fingerprint density at radius 1 is 1.17 bits per heavy atom. The van der Waals surface area contributed by atoms with Gasteiger partial charge in [0.15, 0.2) is 5.52 Å². The van der Waals surface area contributed by atoms with Crippen molar-refractivity contribution in [3.05, 3.63) is 63.2 Å². The lowest BCUT2D eigenvalue weighted by Crippen LogP contribution is -2.39. The van der Waals surface area contributed by atoms with Gasteiger partial charge in [0, 0.05) is 35.9 Å². The average Bonchev–Trinajstić information content (AvgIpc) is 3.34. The third-order valence-electron chi connectivity index (χ3n) is 5.91. The molecule has 0 radical (unpaired) electrons. The van der Waals surface area contributed by atoms with Gasteiger partial charge < -0.3 is 9.64 Å². The van der Waals surface area contributed by atoms with Gasteiger partial charge >= 0.3 is 6.30 Å². The molecule has 36 heavy (non-hydrogen) atoms. The Bertz CT molecular complexity index is 1540. The molecule has 1 aromatic carbocycles. The summed E-state index contributed by atoms with van der Waals surface area (Å²) in [6.07, 6.45) is -3.48. The number of alkyl halides is 3. The lowest BCUT2D eigenvalue weighted by Gasteiger charge is -2.32. The first-order chi connectivity index (χ1) is 17.0. The molecule has 0 spiro atoms. The maximum Gasteiger partial charge on any atom is 0.504 e. The largest absolute Gasteiger partial charge is 0.504 e. The Morgan fingerprint density at radius 2 is 1.94 bits per heavy atom. The maximum absolute atomic E-state index is 14.9. The topological polar surface area (TPSA) is 91.0 Å². The van der Waals surface area contributed by atoms with E-state index in [2.05, 4.69) is 20.1 Å². The summed E-state index contributed by atoms with van der Waals surface area (Å²) in [5.41, 5.74) is 0.0348. The highest BCUT2D eigenvalue weighted by molar-refractivity contribution is 6.30. The van der Waals surface area contributed by atoms with Crippen molar-refractivity contribution in [2.45, 2.75) is 19.3 Å². The van der Waals surface area contributed by atoms with E-state index in [0.717, 1.165) is 18.5 Å². The number of nitrogens with zero attached hydrogens (tertiary/aromatic N) is 7. The standard InChI is InChI=1S/C22H18ClF4N7O2/c1-11-29-18-17(14-4-3-13(23)7-15(14)24)30-21(31-19(18)20(35)32(11)2)33-5-6-36-16(10-33)12-8-28-34(9-12)22(25,26)27/h3-4,7-9,16H,5-6,10H2,1-2H3/t16-/m0/s1. The molecule has 14 heteroatoms. The first-order valence-electron chi connectivity index (χ1n) is 10.7. The molecular weight excluding hydrogens is 506 g/mol. The number of aromatic nitrogens is 6. The monoisotopic (exact) mass is 523 g/mol. The molecule has 5 rings (SSSR count). The molecule has 4 heterocycles. The zero-order valence-corrected chi connectivity index (χ0v) is 19.7. The predicted molar refractivity (Wildman–Crippen MR) is 122 cm³/mol. The average molecular weight is 524 g/mol. The second-order valence-corrected chi connectivity index (χ2v) is 8.64. The molecular formula is C22H18ClF4N7O2. The quantitative estimate of drug-likeness (QED) is 0.378. The molecule has 0 unspecified atom stereocenters. The molecule has 0 amide bonds. The zero-order chi connectivity index (χ0) is 25.8. The fourth-order valence-electron chi connectivity index (χ4n) is 3.93. The number of aryl methyl sites for hydroxylation is 1. The van der Waals surface area contributed by atoms with E-state index in [1.807, 2.05) is 0 Å². The van der Waals surface area contributed by atoms with Gasteiger partial charge in [-0.3, -0.25) is 9.36 Å². The second-order valence-electron chi connectivity index (χ2n) is 8.21. The number of hydrogen-bond donors (Lipinski definition) is 0. The molecule has 1 saturated heterocycles. The van der Waals surface area contributed by atoms with E-state index in [1.54, 1.807) is 11.8 Å². The highest BCUT2D eigenvalue weighted by Gasteiger charge is 2.34. The van der Waals surface area contributed by atoms with E-state index in [1.165, 1.54) is 23.7 Å². The van der Waals surface area contributed by atoms with Crippen LogP contribution in [0.4, 0.5) is 23.5 Å². The van der Waals surface area contributed by atoms with Crippen LogP contribution in [0.1, 0.15) is 17.5 Å². The first kappa shape index (κ1) is 24.1. The van der Waals surface area contributed by atoms with E-state index in [4.69, 9.17) is 16.3 Å². The van der Waals surface area contributed by atoms with E-state index >= 15 is 0 Å². The van der Waals surface area contributed by atoms with Crippen LogP contribution in [0.25, 0.3) is 22.3 Å². The van der Waals surface area contributed by atoms with Crippen molar-refractivity contribution in [2.24, 2.45) is 7.05 Å². The third-order valence-corrected chi connectivity index (χ3v) is 6.14. The van der Waals surface area contributed by atoms with Crippen molar-refractivity contribution in [2.75, 3.05) is 24.6 Å². The van der Waals surface area contributed by atoms with Gasteiger partial charge in [0.05, 0.1) is 19.3 Å². The van der Waals surface area contributed by atoms with E-state index < -0.39 is 23.8 Å². The van der Waals surface area contributed by atoms with Crippen LogP contribution in [0, 0.1) is 12.7 Å². The molecule has 1 aliphatic rings. The van der Waals surface area contributed by atoms with Gasteiger partial charge in [0.1, 0.15) is 29.0 Å². The van der Waals surface area contributed by atoms with Crippen LogP contribution < -0.4 is 10.5 Å². The molecule has 9 nitrogen and oxygen atoms in total. The zero-order valence-electron chi connectivity index (χ0n) is 18.9. The summed E-state index contributed by atoms with van der Waals surface area (Å²) in [5.74, 6) is -0.188. The van der Waals surface area contributed by atoms with Gasteiger partial charge in [-0.15, -0.1) is 13.2 Å². The van der Waals surface area contributed by atoms with Crippen molar-refractivity contribution in [1.82, 2.24) is 29.3 Å². The van der Waals surface area contributed by atoms with Crippen LogP contribution in [0.5, 0.6) is 0 Å². The minimum absolute atomic E-state index is 0.0228. The Kier molecular flexibility index (Phi) is 5.91. The summed E-state index contributed by atoms with van der Waals surface area (Å²) >= 11 is 5.91. The molecule has 0 saturated carbocycles. The Hall–Kier alpha value is -3.58. The Morgan fingerprint density at radius 3 is 2.64 bits per heavy atom. The summed E-state index contributed by atoms with van der Waals surface area (Å²) in [6.45, 7) is 2.15. The fourth-order valence-corrected chi connectivity index (χ4v) is 4.08. The number of anilines is 1. The van der Waals surface area contributed by atoms with E-state index in [-0.39, 0.29) is 63.2 Å². The molecule has 1 aliphatic heterocycles. The summed E-state index contributed by atoms with van der Waals surface area (Å²) in [4.78, 5) is 28.1. The van der Waals surface area contributed by atoms with Crippen LogP contribution in [0.2, 0.25) is 5.02 Å². The number of halogens is 5. The van der Waals surface area contributed by atoms with Crippen molar-refractivity contribution < 1.29 is 22.3 Å². The summed E-state index contributed by atoms with van der Waals surface area (Å²) in [6, 6.07) is 4.05. The van der Waals surface area contributed by atoms with Gasteiger partial charge in [0.25, 0.3) is 5.56 Å². The van der Waals surface area contributed by atoms with E-state index in [0.29, 0.717) is 5.82 Å². The van der Waals surface area contributed by atoms with Crippen LogP contribution in [0.15, 0.2) is 35.4 Å². The minimum Gasteiger partial charge on any atom is -0.370 e. The van der Waals surface area contributed by atoms with Crippen molar-refractivity contribution in [3.8, 4) is 11.3 Å². The fraction of sp³-hybridized carbons (Fsp3) is 0.318. The second kappa shape index (κ2) is 8.82. The van der Waals surface area contributed by atoms with Crippen molar-refractivity contribution in [3.63, 3.8) is 0 Å². The highest BCUT2D eigenvalue weighted by Crippen LogP contribution is 2.32. The van der Waals surface area contributed by atoms with Crippen LogP contribution in [-0.4, -0.2) is 49.0 Å². The molecule has 0 bridgehead atoms. The van der Waals surface area contributed by atoms with Gasteiger partial charge in [-0.25, -0.2) is 19.3 Å². The van der Waals surface area contributed by atoms with Crippen molar-refractivity contribution >= 4 is 28.6 Å². The molecule has 1 fully saturated rings. The summed E-state index contributed by atoms with van der Waals surface area (Å²) in [5, 5.41) is 3.54. The van der Waals surface area contributed by atoms with Gasteiger partial charge in [0.2, 0.25) is 5.95 Å².